The molecule has 2 nitrogen and oxygen atoms in total. The zero-order valence-electron chi connectivity index (χ0n) is 9.54. The Morgan fingerprint density at radius 2 is 2.53 bits per heavy atom. The van der Waals surface area contributed by atoms with Crippen LogP contribution in [0.3, 0.4) is 0 Å². The van der Waals surface area contributed by atoms with Gasteiger partial charge in [-0.1, -0.05) is 11.6 Å². The van der Waals surface area contributed by atoms with Crippen molar-refractivity contribution in [2.75, 3.05) is 19.0 Å². The van der Waals surface area contributed by atoms with E-state index in [-0.39, 0.29) is 5.54 Å². The number of thiophene rings is 1. The molecule has 0 bridgehead atoms. The van der Waals surface area contributed by atoms with E-state index in [0.29, 0.717) is 5.25 Å². The number of nitrogens with two attached hydrogens (primary N) is 1. The first-order chi connectivity index (χ1) is 7.99. The molecule has 1 unspecified atom stereocenters. The highest BCUT2D eigenvalue weighted by Gasteiger charge is 2.28. The van der Waals surface area contributed by atoms with Gasteiger partial charge in [-0.15, -0.1) is 11.3 Å². The van der Waals surface area contributed by atoms with Crippen LogP contribution in [0.15, 0.2) is 9.85 Å². The number of hydrogen-bond acceptors (Lipinski definition) is 4. The van der Waals surface area contributed by atoms with Crippen molar-refractivity contribution >= 4 is 50.6 Å². The summed E-state index contributed by atoms with van der Waals surface area (Å²) in [4.78, 5) is 1.05. The third-order valence-corrected chi connectivity index (χ3v) is 6.62. The van der Waals surface area contributed by atoms with Crippen LogP contribution in [-0.2, 0) is 10.3 Å². The number of halogens is 2. The Labute approximate surface area is 123 Å². The van der Waals surface area contributed by atoms with E-state index in [2.05, 4.69) is 15.9 Å². The van der Waals surface area contributed by atoms with E-state index >= 15 is 0 Å². The molecule has 0 aliphatic carbocycles. The topological polar surface area (TPSA) is 35.2 Å². The van der Waals surface area contributed by atoms with Crippen molar-refractivity contribution in [3.8, 4) is 0 Å². The molecule has 96 valence electrons. The third kappa shape index (κ3) is 3.61. The van der Waals surface area contributed by atoms with Crippen LogP contribution in [0.25, 0.3) is 0 Å². The standard InChI is InChI=1S/C11H15BrClNOS2/c1-11(14,6-16-7-2-3-15-5-7)10-8(13)4-9(12)17-10/h4,7H,2-3,5-6,14H2,1H3/t7?,11-/m0/s1. The highest BCUT2D eigenvalue weighted by Crippen LogP contribution is 2.39. The molecule has 0 radical (unpaired) electrons. The Balaban J connectivity index is 1.99. The van der Waals surface area contributed by atoms with Crippen LogP contribution < -0.4 is 5.73 Å². The molecule has 1 fully saturated rings. The van der Waals surface area contributed by atoms with E-state index in [1.807, 2.05) is 24.8 Å². The minimum Gasteiger partial charge on any atom is -0.380 e. The van der Waals surface area contributed by atoms with Crippen LogP contribution in [-0.4, -0.2) is 24.2 Å². The molecule has 1 aromatic heterocycles. The lowest BCUT2D eigenvalue weighted by atomic mass is 10.1. The van der Waals surface area contributed by atoms with Crippen LogP contribution >= 0.6 is 50.6 Å². The van der Waals surface area contributed by atoms with Crippen LogP contribution in [0, 0.1) is 0 Å². The van der Waals surface area contributed by atoms with Crippen LogP contribution in [0.4, 0.5) is 0 Å². The molecule has 0 spiro atoms. The third-order valence-electron chi connectivity index (χ3n) is 2.68. The molecular formula is C11H15BrClNOS2. The second kappa shape index (κ2) is 5.80. The van der Waals surface area contributed by atoms with Crippen LogP contribution in [0.2, 0.25) is 5.02 Å². The molecule has 6 heteroatoms. The van der Waals surface area contributed by atoms with Gasteiger partial charge in [0.25, 0.3) is 0 Å². The lowest BCUT2D eigenvalue weighted by Gasteiger charge is -2.24. The van der Waals surface area contributed by atoms with Gasteiger partial charge in [-0.3, -0.25) is 0 Å². The summed E-state index contributed by atoms with van der Waals surface area (Å²) in [5, 5.41) is 1.34. The van der Waals surface area contributed by atoms with Gasteiger partial charge in [-0.25, -0.2) is 0 Å². The molecule has 2 atom stereocenters. The first-order valence-electron chi connectivity index (χ1n) is 5.42. The van der Waals surface area contributed by atoms with Gasteiger partial charge in [0.2, 0.25) is 0 Å². The molecule has 0 saturated carbocycles. The Hall–Kier alpha value is 0.740. The maximum atomic E-state index is 6.37. The van der Waals surface area contributed by atoms with Crippen molar-refractivity contribution in [1.82, 2.24) is 0 Å². The maximum Gasteiger partial charge on any atom is 0.0717 e. The monoisotopic (exact) mass is 355 g/mol. The maximum absolute atomic E-state index is 6.37. The molecule has 1 aromatic rings. The average molecular weight is 357 g/mol. The summed E-state index contributed by atoms with van der Waals surface area (Å²) < 4.78 is 6.39. The smallest absolute Gasteiger partial charge is 0.0717 e. The van der Waals surface area contributed by atoms with Gasteiger partial charge in [-0.05, 0) is 35.3 Å². The van der Waals surface area contributed by atoms with Gasteiger partial charge < -0.3 is 10.5 Å². The van der Waals surface area contributed by atoms with E-state index in [4.69, 9.17) is 22.1 Å². The summed E-state index contributed by atoms with van der Waals surface area (Å²) in [5.41, 5.74) is 6.00. The number of thioether (sulfide) groups is 1. The normalized spacial score (nSPS) is 23.9. The number of hydrogen-bond donors (Lipinski definition) is 1. The fraction of sp³-hybridized carbons (Fsp3) is 0.636. The van der Waals surface area contributed by atoms with Crippen molar-refractivity contribution in [1.29, 1.82) is 0 Å². The second-order valence-electron chi connectivity index (χ2n) is 4.44. The zero-order valence-corrected chi connectivity index (χ0v) is 13.5. The molecular weight excluding hydrogens is 342 g/mol. The fourth-order valence-corrected chi connectivity index (χ4v) is 5.19. The summed E-state index contributed by atoms with van der Waals surface area (Å²) in [5.74, 6) is 0.869. The molecule has 2 N–H and O–H groups in total. The first-order valence-corrected chi connectivity index (χ1v) is 8.46. The minimum atomic E-state index is -0.374. The van der Waals surface area contributed by atoms with Gasteiger partial charge in [0.05, 0.1) is 21.0 Å². The van der Waals surface area contributed by atoms with Gasteiger partial charge in [-0.2, -0.15) is 11.8 Å². The van der Waals surface area contributed by atoms with Crippen LogP contribution in [0.1, 0.15) is 18.2 Å². The summed E-state index contributed by atoms with van der Waals surface area (Å²) in [6.45, 7) is 3.77. The van der Waals surface area contributed by atoms with Gasteiger partial charge in [0.1, 0.15) is 0 Å². The van der Waals surface area contributed by atoms with E-state index in [1.54, 1.807) is 11.3 Å². The van der Waals surface area contributed by atoms with E-state index in [0.717, 1.165) is 39.1 Å². The molecule has 0 amide bonds. The lowest BCUT2D eigenvalue weighted by Crippen LogP contribution is -2.35. The predicted molar refractivity (Wildman–Crippen MR) is 80.3 cm³/mol. The second-order valence-corrected chi connectivity index (χ2v) is 8.57. The van der Waals surface area contributed by atoms with Crippen LogP contribution in [0.5, 0.6) is 0 Å². The van der Waals surface area contributed by atoms with E-state index in [9.17, 15) is 0 Å². The molecule has 1 saturated heterocycles. The summed E-state index contributed by atoms with van der Waals surface area (Å²) in [6, 6.07) is 1.91. The molecule has 17 heavy (non-hydrogen) atoms. The summed E-state index contributed by atoms with van der Waals surface area (Å²) in [6.07, 6.45) is 1.13. The van der Waals surface area contributed by atoms with E-state index < -0.39 is 0 Å². The highest BCUT2D eigenvalue weighted by molar-refractivity contribution is 9.11. The SMILES string of the molecule is C[C@](N)(CSC1CCOC1)c1sc(Br)cc1Cl. The molecule has 2 heterocycles. The minimum absolute atomic E-state index is 0.374. The largest absolute Gasteiger partial charge is 0.380 e. The lowest BCUT2D eigenvalue weighted by molar-refractivity contribution is 0.199. The molecule has 0 aromatic carbocycles. The first kappa shape index (κ1) is 14.2. The Kier molecular flexibility index (Phi) is 4.83. The highest BCUT2D eigenvalue weighted by atomic mass is 79.9. The number of rotatable bonds is 4. The summed E-state index contributed by atoms with van der Waals surface area (Å²) >= 11 is 13.1. The Morgan fingerprint density at radius 1 is 1.76 bits per heavy atom. The Bertz CT molecular complexity index is 391. The quantitative estimate of drug-likeness (QED) is 0.889. The van der Waals surface area contributed by atoms with Gasteiger partial charge in [0, 0.05) is 22.5 Å². The van der Waals surface area contributed by atoms with Crippen molar-refractivity contribution < 1.29 is 4.74 Å². The molecule has 2 rings (SSSR count). The fourth-order valence-electron chi connectivity index (χ4n) is 1.73. The summed E-state index contributed by atoms with van der Waals surface area (Å²) in [7, 11) is 0. The van der Waals surface area contributed by atoms with Crippen molar-refractivity contribution in [3.05, 3.63) is 19.8 Å². The van der Waals surface area contributed by atoms with Gasteiger partial charge in [0.15, 0.2) is 0 Å². The molecule has 1 aliphatic heterocycles. The van der Waals surface area contributed by atoms with Crippen molar-refractivity contribution in [2.45, 2.75) is 24.1 Å². The van der Waals surface area contributed by atoms with Gasteiger partial charge >= 0.3 is 0 Å². The van der Waals surface area contributed by atoms with Crippen molar-refractivity contribution in [3.63, 3.8) is 0 Å². The average Bonchev–Trinajstić information content (AvgIpc) is 2.85. The number of ether oxygens (including phenoxy) is 1. The predicted octanol–water partition coefficient (Wildman–Crippen LogP) is 3.86. The van der Waals surface area contributed by atoms with Crippen molar-refractivity contribution in [2.24, 2.45) is 5.73 Å². The Morgan fingerprint density at radius 3 is 3.06 bits per heavy atom. The molecule has 1 aliphatic rings. The zero-order chi connectivity index (χ0) is 12.5. The van der Waals surface area contributed by atoms with E-state index in [1.165, 1.54) is 0 Å².